The number of para-hydroxylation sites is 1. The van der Waals surface area contributed by atoms with E-state index in [2.05, 4.69) is 33.4 Å². The number of nitrogens with one attached hydrogen (secondary N) is 2. The van der Waals surface area contributed by atoms with Crippen molar-refractivity contribution in [3.05, 3.63) is 90.3 Å². The summed E-state index contributed by atoms with van der Waals surface area (Å²) in [7, 11) is 4.06. The molecular weight excluding hydrogens is 464 g/mol. The zero-order chi connectivity index (χ0) is 26.3. The summed E-state index contributed by atoms with van der Waals surface area (Å²) >= 11 is 0. The number of H-pyrrole nitrogens is 1. The molecule has 194 valence electrons. The van der Waals surface area contributed by atoms with Crippen LogP contribution in [0.15, 0.2) is 84.8 Å². The van der Waals surface area contributed by atoms with Crippen LogP contribution in [0.5, 0.6) is 11.5 Å². The van der Waals surface area contributed by atoms with Crippen LogP contribution in [0, 0.1) is 12.3 Å². The Bertz CT molecular complexity index is 1160. The Morgan fingerprint density at radius 1 is 1.14 bits per heavy atom. The summed E-state index contributed by atoms with van der Waals surface area (Å²) in [4.78, 5) is 2.26. The van der Waals surface area contributed by atoms with Crippen molar-refractivity contribution in [2.75, 3.05) is 40.4 Å². The highest BCUT2D eigenvalue weighted by Gasteiger charge is 2.15. The van der Waals surface area contributed by atoms with Gasteiger partial charge in [0.1, 0.15) is 30.5 Å². The monoisotopic (exact) mass is 500 g/mol. The average molecular weight is 501 g/mol. The molecule has 0 aliphatic carbocycles. The van der Waals surface area contributed by atoms with Crippen LogP contribution >= 0.6 is 0 Å². The fraction of sp³-hybridized carbons (Fsp3) is 0.300. The van der Waals surface area contributed by atoms with E-state index < -0.39 is 0 Å². The molecular formula is C30H36N4O3. The van der Waals surface area contributed by atoms with Gasteiger partial charge in [0.2, 0.25) is 0 Å². The van der Waals surface area contributed by atoms with E-state index in [0.29, 0.717) is 12.4 Å². The topological polar surface area (TPSA) is 71.6 Å². The fourth-order valence-corrected chi connectivity index (χ4v) is 3.64. The highest BCUT2D eigenvalue weighted by Crippen LogP contribution is 2.25. The smallest absolute Gasteiger partial charge is 0.166 e. The number of nitrogens with zero attached hydrogens (tertiary/aromatic N) is 2. The van der Waals surface area contributed by atoms with Gasteiger partial charge in [0.15, 0.2) is 6.10 Å². The largest absolute Gasteiger partial charge is 0.490 e. The van der Waals surface area contributed by atoms with Crippen molar-refractivity contribution in [3.63, 3.8) is 0 Å². The number of terminal acetylenes is 1. The molecule has 2 aromatic carbocycles. The number of aromatic nitrogens is 2. The Hall–Kier alpha value is -3.99. The average Bonchev–Trinajstić information content (AvgIpc) is 3.38. The van der Waals surface area contributed by atoms with Crippen molar-refractivity contribution in [2.45, 2.75) is 19.6 Å². The Kier molecular flexibility index (Phi) is 11.3. The number of hydrogen-bond donors (Lipinski definition) is 2. The summed E-state index contributed by atoms with van der Waals surface area (Å²) < 4.78 is 18.1. The molecule has 2 N–H and O–H groups in total. The lowest BCUT2D eigenvalue weighted by Gasteiger charge is -2.21. The summed E-state index contributed by atoms with van der Waals surface area (Å²) in [6.07, 6.45) is 12.2. The summed E-state index contributed by atoms with van der Waals surface area (Å²) in [6, 6.07) is 17.6. The van der Waals surface area contributed by atoms with Crippen LogP contribution in [-0.2, 0) is 11.3 Å². The second-order valence-corrected chi connectivity index (χ2v) is 8.52. The third kappa shape index (κ3) is 9.19. The van der Waals surface area contributed by atoms with Gasteiger partial charge in [-0.25, -0.2) is 0 Å². The maximum absolute atomic E-state index is 6.26. The number of rotatable bonds is 15. The number of benzene rings is 2. The van der Waals surface area contributed by atoms with E-state index in [-0.39, 0.29) is 12.7 Å². The molecule has 7 nitrogen and oxygen atoms in total. The van der Waals surface area contributed by atoms with E-state index >= 15 is 0 Å². The quantitative estimate of drug-likeness (QED) is 0.180. The summed E-state index contributed by atoms with van der Waals surface area (Å²) in [5.41, 5.74) is 3.19. The molecule has 0 aliphatic heterocycles. The van der Waals surface area contributed by atoms with Gasteiger partial charge >= 0.3 is 0 Å². The first kappa shape index (κ1) is 27.6. The predicted molar refractivity (Wildman–Crippen MR) is 148 cm³/mol. The number of aromatic amines is 1. The molecule has 0 spiro atoms. The lowest BCUT2D eigenvalue weighted by molar-refractivity contribution is 0.0573. The van der Waals surface area contributed by atoms with E-state index in [1.807, 2.05) is 86.9 Å². The molecule has 0 saturated heterocycles. The maximum Gasteiger partial charge on any atom is 0.166 e. The molecule has 0 amide bonds. The number of hydrogen-bond acceptors (Lipinski definition) is 6. The minimum Gasteiger partial charge on any atom is -0.490 e. The van der Waals surface area contributed by atoms with Gasteiger partial charge in [-0.15, -0.1) is 6.42 Å². The van der Waals surface area contributed by atoms with Crippen molar-refractivity contribution in [3.8, 4) is 35.1 Å². The fourth-order valence-electron chi connectivity index (χ4n) is 3.64. The van der Waals surface area contributed by atoms with Crippen LogP contribution < -0.4 is 14.8 Å². The minimum atomic E-state index is -0.360. The molecule has 0 fully saturated rings. The summed E-state index contributed by atoms with van der Waals surface area (Å²) in [5, 5.41) is 10.6. The molecule has 1 atom stereocenters. The van der Waals surface area contributed by atoms with Crippen molar-refractivity contribution in [1.82, 2.24) is 20.4 Å². The first-order valence-electron chi connectivity index (χ1n) is 12.3. The number of ether oxygens (including phenoxy) is 3. The second-order valence-electron chi connectivity index (χ2n) is 8.52. The summed E-state index contributed by atoms with van der Waals surface area (Å²) in [6.45, 7) is 5.19. The van der Waals surface area contributed by atoms with Crippen LogP contribution in [0.4, 0.5) is 0 Å². The third-order valence-electron chi connectivity index (χ3n) is 5.52. The molecule has 0 saturated carbocycles. The van der Waals surface area contributed by atoms with Crippen molar-refractivity contribution in [2.24, 2.45) is 0 Å². The van der Waals surface area contributed by atoms with Gasteiger partial charge in [0.25, 0.3) is 0 Å². The molecule has 0 bridgehead atoms. The Morgan fingerprint density at radius 2 is 1.92 bits per heavy atom. The second kappa shape index (κ2) is 15.2. The van der Waals surface area contributed by atoms with Crippen LogP contribution in [0.1, 0.15) is 12.5 Å². The number of likely N-dealkylation sites (N-methyl/N-ethyl adjacent to an activating group) is 2. The molecule has 3 aromatic rings. The van der Waals surface area contributed by atoms with Gasteiger partial charge in [0, 0.05) is 36.8 Å². The van der Waals surface area contributed by atoms with E-state index in [9.17, 15) is 0 Å². The van der Waals surface area contributed by atoms with E-state index in [1.165, 1.54) is 0 Å². The molecule has 1 unspecified atom stereocenters. The van der Waals surface area contributed by atoms with Gasteiger partial charge in [-0.05, 0) is 63.5 Å². The van der Waals surface area contributed by atoms with Crippen molar-refractivity contribution in [1.29, 1.82) is 0 Å². The molecule has 7 heteroatoms. The predicted octanol–water partition coefficient (Wildman–Crippen LogP) is 4.66. The van der Waals surface area contributed by atoms with Crippen molar-refractivity contribution < 1.29 is 14.2 Å². The molecule has 37 heavy (non-hydrogen) atoms. The highest BCUT2D eigenvalue weighted by molar-refractivity contribution is 5.63. The van der Waals surface area contributed by atoms with Crippen LogP contribution in [-0.4, -0.2) is 61.6 Å². The SMILES string of the molecule is C#C/C=C(\C=C/C)OCC(COc1ccccc1)Oc1ccc(-c2[nH]ncc2CN(C)CCNC)cc1. The van der Waals surface area contributed by atoms with Gasteiger partial charge in [-0.1, -0.05) is 30.2 Å². The summed E-state index contributed by atoms with van der Waals surface area (Å²) in [5.74, 6) is 4.59. The van der Waals surface area contributed by atoms with Crippen LogP contribution in [0.2, 0.25) is 0 Å². The van der Waals surface area contributed by atoms with E-state index in [0.717, 1.165) is 48.0 Å². The van der Waals surface area contributed by atoms with Crippen LogP contribution in [0.25, 0.3) is 11.3 Å². The van der Waals surface area contributed by atoms with Gasteiger partial charge in [-0.2, -0.15) is 5.10 Å². The molecule has 1 aromatic heterocycles. The van der Waals surface area contributed by atoms with Gasteiger partial charge in [-0.3, -0.25) is 5.10 Å². The lowest BCUT2D eigenvalue weighted by atomic mass is 10.1. The standard InChI is InChI=1S/C30H36N4O3/c1-5-10-26(11-6-2)35-22-29(23-36-27-12-8-7-9-13-27)37-28-16-14-24(15-17-28)30-25(20-32-33-30)21-34(4)19-18-31-3/h1,6-17,20,29,31H,18-19,21-23H2,2-4H3,(H,32,33)/b11-6-,26-10+. The Balaban J connectivity index is 1.68. The lowest BCUT2D eigenvalue weighted by Crippen LogP contribution is -2.30. The maximum atomic E-state index is 6.26. The van der Waals surface area contributed by atoms with Gasteiger partial charge < -0.3 is 24.4 Å². The zero-order valence-electron chi connectivity index (χ0n) is 21.8. The molecule has 3 rings (SSSR count). The first-order valence-corrected chi connectivity index (χ1v) is 12.3. The number of allylic oxidation sites excluding steroid dienone is 3. The normalized spacial score (nSPS) is 12.5. The minimum absolute atomic E-state index is 0.274. The highest BCUT2D eigenvalue weighted by atomic mass is 16.6. The molecule has 1 heterocycles. The Morgan fingerprint density at radius 3 is 2.62 bits per heavy atom. The zero-order valence-corrected chi connectivity index (χ0v) is 21.8. The van der Waals surface area contributed by atoms with Crippen molar-refractivity contribution >= 4 is 0 Å². The molecule has 0 radical (unpaired) electrons. The first-order chi connectivity index (χ1) is 18.1. The Labute approximate surface area is 220 Å². The van der Waals surface area contributed by atoms with Crippen LogP contribution in [0.3, 0.4) is 0 Å². The van der Waals surface area contributed by atoms with Gasteiger partial charge in [0.05, 0.1) is 11.9 Å². The van der Waals surface area contributed by atoms with E-state index in [1.54, 1.807) is 6.08 Å². The van der Waals surface area contributed by atoms with E-state index in [4.69, 9.17) is 20.6 Å². The third-order valence-corrected chi connectivity index (χ3v) is 5.52. The molecule has 0 aliphatic rings.